The van der Waals surface area contributed by atoms with Crippen LogP contribution in [-0.2, 0) is 14.2 Å². The predicted molar refractivity (Wildman–Crippen MR) is 55.9 cm³/mol. The molecule has 0 amide bonds. The summed E-state index contributed by atoms with van der Waals surface area (Å²) in [6.45, 7) is 2.70. The summed E-state index contributed by atoms with van der Waals surface area (Å²) >= 11 is 0. The Morgan fingerprint density at radius 1 is 0.800 bits per heavy atom. The van der Waals surface area contributed by atoms with Crippen LogP contribution in [0.15, 0.2) is 0 Å². The molecule has 0 saturated carbocycles. The van der Waals surface area contributed by atoms with E-state index in [1.54, 1.807) is 0 Å². The zero-order valence-corrected chi connectivity index (χ0v) is 9.24. The van der Waals surface area contributed by atoms with E-state index in [-0.39, 0.29) is 5.60 Å². The van der Waals surface area contributed by atoms with Crippen molar-refractivity contribution in [2.45, 2.75) is 56.3 Å². The summed E-state index contributed by atoms with van der Waals surface area (Å²) in [5.41, 5.74) is -0.0903. The third-order valence-corrected chi connectivity index (χ3v) is 4.03. The minimum absolute atomic E-state index is 0.0903. The lowest BCUT2D eigenvalue weighted by Gasteiger charge is -2.38. The van der Waals surface area contributed by atoms with E-state index in [2.05, 4.69) is 0 Å². The van der Waals surface area contributed by atoms with Gasteiger partial charge in [-0.05, 0) is 38.5 Å². The summed E-state index contributed by atoms with van der Waals surface area (Å²) in [5, 5.41) is 0. The molecule has 0 bridgehead atoms. The molecule has 86 valence electrons. The molecular formula is C12H20O3. The smallest absolute Gasteiger partial charge is 0.120 e. The molecule has 3 heterocycles. The minimum Gasteiger partial charge on any atom is -0.375 e. The maximum atomic E-state index is 6.06. The predicted octanol–water partition coefficient (Wildman–Crippen LogP) is 1.89. The molecule has 3 rings (SSSR count). The largest absolute Gasteiger partial charge is 0.375 e. The topological polar surface area (TPSA) is 27.7 Å². The van der Waals surface area contributed by atoms with Crippen molar-refractivity contribution in [3.05, 3.63) is 0 Å². The van der Waals surface area contributed by atoms with Crippen molar-refractivity contribution < 1.29 is 14.2 Å². The summed E-state index contributed by atoms with van der Waals surface area (Å²) in [7, 11) is 0. The Balaban J connectivity index is 1.80. The Morgan fingerprint density at radius 2 is 1.47 bits per heavy atom. The first-order chi connectivity index (χ1) is 7.42. The van der Waals surface area contributed by atoms with E-state index >= 15 is 0 Å². The molecule has 2 unspecified atom stereocenters. The zero-order valence-electron chi connectivity index (χ0n) is 9.24. The van der Waals surface area contributed by atoms with Crippen molar-refractivity contribution in [3.8, 4) is 0 Å². The molecule has 3 heteroatoms. The maximum absolute atomic E-state index is 6.06. The van der Waals surface area contributed by atoms with Crippen molar-refractivity contribution in [2.75, 3.05) is 19.8 Å². The van der Waals surface area contributed by atoms with Gasteiger partial charge in [-0.3, -0.25) is 0 Å². The monoisotopic (exact) mass is 212 g/mol. The Bertz CT molecular complexity index is 193. The fourth-order valence-corrected chi connectivity index (χ4v) is 3.32. The normalized spacial score (nSPS) is 46.4. The lowest BCUT2D eigenvalue weighted by Crippen LogP contribution is -2.51. The molecule has 15 heavy (non-hydrogen) atoms. The van der Waals surface area contributed by atoms with Crippen LogP contribution in [-0.4, -0.2) is 37.6 Å². The van der Waals surface area contributed by atoms with Gasteiger partial charge in [0.15, 0.2) is 0 Å². The van der Waals surface area contributed by atoms with E-state index in [0.29, 0.717) is 12.2 Å². The van der Waals surface area contributed by atoms with Crippen LogP contribution in [0, 0.1) is 0 Å². The van der Waals surface area contributed by atoms with Gasteiger partial charge in [-0.1, -0.05) is 0 Å². The molecule has 0 aromatic carbocycles. The lowest BCUT2D eigenvalue weighted by molar-refractivity contribution is -0.162. The van der Waals surface area contributed by atoms with Crippen LogP contribution in [0.5, 0.6) is 0 Å². The van der Waals surface area contributed by atoms with E-state index < -0.39 is 0 Å². The zero-order chi connectivity index (χ0) is 10.1. The highest BCUT2D eigenvalue weighted by atomic mass is 16.6. The maximum Gasteiger partial charge on any atom is 0.120 e. The SMILES string of the molecule is C1COC(C2(C3CCCO3)CCCO2)C1. The van der Waals surface area contributed by atoms with Gasteiger partial charge in [-0.2, -0.15) is 0 Å². The highest BCUT2D eigenvalue weighted by Crippen LogP contribution is 2.42. The summed E-state index contributed by atoms with van der Waals surface area (Å²) in [4.78, 5) is 0. The van der Waals surface area contributed by atoms with Gasteiger partial charge in [0.25, 0.3) is 0 Å². The quantitative estimate of drug-likeness (QED) is 0.699. The number of hydrogen-bond acceptors (Lipinski definition) is 3. The molecule has 3 aliphatic heterocycles. The molecule has 2 atom stereocenters. The second-order valence-electron chi connectivity index (χ2n) is 4.91. The van der Waals surface area contributed by atoms with E-state index in [0.717, 1.165) is 39.1 Å². The third kappa shape index (κ3) is 1.61. The third-order valence-electron chi connectivity index (χ3n) is 4.03. The van der Waals surface area contributed by atoms with Gasteiger partial charge in [-0.25, -0.2) is 0 Å². The molecular weight excluding hydrogens is 192 g/mol. The molecule has 3 saturated heterocycles. The molecule has 0 radical (unpaired) electrons. The van der Waals surface area contributed by atoms with Gasteiger partial charge in [0.05, 0.1) is 12.2 Å². The van der Waals surface area contributed by atoms with Gasteiger partial charge in [0.2, 0.25) is 0 Å². The Labute approximate surface area is 91.1 Å². The van der Waals surface area contributed by atoms with Crippen LogP contribution in [0.2, 0.25) is 0 Å². The highest BCUT2D eigenvalue weighted by Gasteiger charge is 2.52. The Morgan fingerprint density at radius 3 is 1.87 bits per heavy atom. The molecule has 0 aromatic rings. The van der Waals surface area contributed by atoms with Gasteiger partial charge in [-0.15, -0.1) is 0 Å². The summed E-state index contributed by atoms with van der Waals surface area (Å²) in [5.74, 6) is 0. The van der Waals surface area contributed by atoms with Crippen LogP contribution in [0.25, 0.3) is 0 Å². The van der Waals surface area contributed by atoms with Crippen LogP contribution in [0.3, 0.4) is 0 Å². The van der Waals surface area contributed by atoms with Crippen LogP contribution < -0.4 is 0 Å². The average Bonchev–Trinajstić information content (AvgIpc) is 3.02. The van der Waals surface area contributed by atoms with Gasteiger partial charge < -0.3 is 14.2 Å². The molecule has 3 aliphatic rings. The fourth-order valence-electron chi connectivity index (χ4n) is 3.32. The van der Waals surface area contributed by atoms with Crippen LogP contribution in [0.4, 0.5) is 0 Å². The average molecular weight is 212 g/mol. The van der Waals surface area contributed by atoms with Crippen molar-refractivity contribution in [1.29, 1.82) is 0 Å². The second kappa shape index (κ2) is 4.04. The van der Waals surface area contributed by atoms with Gasteiger partial charge >= 0.3 is 0 Å². The van der Waals surface area contributed by atoms with E-state index in [9.17, 15) is 0 Å². The standard InChI is InChI=1S/C12H20O3/c1-4-10(13-7-1)12(6-3-9-15-12)11-5-2-8-14-11/h10-11H,1-9H2. The molecule has 0 aliphatic carbocycles. The van der Waals surface area contributed by atoms with E-state index in [4.69, 9.17) is 14.2 Å². The van der Waals surface area contributed by atoms with Crippen LogP contribution >= 0.6 is 0 Å². The van der Waals surface area contributed by atoms with E-state index in [1.807, 2.05) is 0 Å². The van der Waals surface area contributed by atoms with Crippen molar-refractivity contribution in [1.82, 2.24) is 0 Å². The van der Waals surface area contributed by atoms with Crippen molar-refractivity contribution >= 4 is 0 Å². The Kier molecular flexibility index (Phi) is 2.71. The molecule has 0 aromatic heterocycles. The van der Waals surface area contributed by atoms with E-state index in [1.165, 1.54) is 19.3 Å². The summed E-state index contributed by atoms with van der Waals surface area (Å²) in [6, 6.07) is 0. The first-order valence-corrected chi connectivity index (χ1v) is 6.29. The van der Waals surface area contributed by atoms with Crippen LogP contribution in [0.1, 0.15) is 38.5 Å². The molecule has 3 fully saturated rings. The van der Waals surface area contributed by atoms with Gasteiger partial charge in [0.1, 0.15) is 5.60 Å². The number of ether oxygens (including phenoxy) is 3. The molecule has 3 nitrogen and oxygen atoms in total. The number of hydrogen-bond donors (Lipinski definition) is 0. The summed E-state index contributed by atoms with van der Waals surface area (Å²) < 4.78 is 17.8. The first kappa shape index (κ1) is 10.1. The van der Waals surface area contributed by atoms with Crippen molar-refractivity contribution in [2.24, 2.45) is 0 Å². The lowest BCUT2D eigenvalue weighted by atomic mass is 9.84. The molecule has 0 N–H and O–H groups in total. The molecule has 0 spiro atoms. The van der Waals surface area contributed by atoms with Gasteiger partial charge in [0, 0.05) is 19.8 Å². The van der Waals surface area contributed by atoms with Crippen molar-refractivity contribution in [3.63, 3.8) is 0 Å². The second-order valence-corrected chi connectivity index (χ2v) is 4.91. The minimum atomic E-state index is -0.0903. The fraction of sp³-hybridized carbons (Fsp3) is 1.00. The first-order valence-electron chi connectivity index (χ1n) is 6.29. The number of rotatable bonds is 2. The highest BCUT2D eigenvalue weighted by molar-refractivity contribution is 5.01. The summed E-state index contributed by atoms with van der Waals surface area (Å²) in [6.07, 6.45) is 7.55. The Hall–Kier alpha value is -0.120.